The van der Waals surface area contributed by atoms with Crippen LogP contribution in [-0.2, 0) is 13.0 Å². The maximum absolute atomic E-state index is 5.27. The standard InChI is InChI=1S/C14H15NOS/c1-16-12-4-2-3-10(7-12)13-8-11-5-6-15-9-14(11)17-13/h2-4,7-8,15H,5-6,9H2,1H3. The van der Waals surface area contributed by atoms with Gasteiger partial charge in [-0.05, 0) is 42.3 Å². The Kier molecular flexibility index (Phi) is 2.87. The van der Waals surface area contributed by atoms with Gasteiger partial charge in [-0.3, -0.25) is 0 Å². The number of ether oxygens (including phenoxy) is 1. The van der Waals surface area contributed by atoms with Crippen LogP contribution in [0.5, 0.6) is 5.75 Å². The highest BCUT2D eigenvalue weighted by molar-refractivity contribution is 7.15. The number of hydrogen-bond acceptors (Lipinski definition) is 3. The summed E-state index contributed by atoms with van der Waals surface area (Å²) in [7, 11) is 1.71. The highest BCUT2D eigenvalue weighted by Crippen LogP contribution is 2.34. The molecule has 0 saturated heterocycles. The normalized spacial score (nSPS) is 14.4. The summed E-state index contributed by atoms with van der Waals surface area (Å²) in [4.78, 5) is 2.83. The van der Waals surface area contributed by atoms with Gasteiger partial charge in [0.2, 0.25) is 0 Å². The van der Waals surface area contributed by atoms with Gasteiger partial charge >= 0.3 is 0 Å². The van der Waals surface area contributed by atoms with Crippen molar-refractivity contribution in [2.45, 2.75) is 13.0 Å². The van der Waals surface area contributed by atoms with E-state index in [1.165, 1.54) is 20.9 Å². The molecule has 0 aliphatic carbocycles. The molecule has 0 atom stereocenters. The maximum Gasteiger partial charge on any atom is 0.119 e. The summed E-state index contributed by atoms with van der Waals surface area (Å²) in [6, 6.07) is 10.6. The van der Waals surface area contributed by atoms with Crippen molar-refractivity contribution in [1.82, 2.24) is 5.32 Å². The van der Waals surface area contributed by atoms with Crippen LogP contribution < -0.4 is 10.1 Å². The van der Waals surface area contributed by atoms with Crippen LogP contribution >= 0.6 is 11.3 Å². The van der Waals surface area contributed by atoms with E-state index in [0.29, 0.717) is 0 Å². The third-order valence-corrected chi connectivity index (χ3v) is 4.33. The minimum atomic E-state index is 0.923. The average molecular weight is 245 g/mol. The van der Waals surface area contributed by atoms with E-state index >= 15 is 0 Å². The molecule has 0 amide bonds. The quantitative estimate of drug-likeness (QED) is 0.878. The number of rotatable bonds is 2. The first-order valence-electron chi connectivity index (χ1n) is 5.83. The summed E-state index contributed by atoms with van der Waals surface area (Å²) in [5.74, 6) is 0.923. The van der Waals surface area contributed by atoms with E-state index in [9.17, 15) is 0 Å². The number of thiophene rings is 1. The number of nitrogens with one attached hydrogen (secondary N) is 1. The Labute approximate surface area is 105 Å². The van der Waals surface area contributed by atoms with Crippen LogP contribution in [0.2, 0.25) is 0 Å². The lowest BCUT2D eigenvalue weighted by atomic mass is 10.1. The first-order chi connectivity index (χ1) is 8.36. The topological polar surface area (TPSA) is 21.3 Å². The molecule has 1 aliphatic heterocycles. The molecule has 2 nitrogen and oxygen atoms in total. The third-order valence-electron chi connectivity index (χ3n) is 3.11. The van der Waals surface area contributed by atoms with E-state index in [-0.39, 0.29) is 0 Å². The zero-order valence-electron chi connectivity index (χ0n) is 9.82. The van der Waals surface area contributed by atoms with Crippen LogP contribution in [-0.4, -0.2) is 13.7 Å². The van der Waals surface area contributed by atoms with Gasteiger partial charge in [0.1, 0.15) is 5.75 Å². The number of benzene rings is 1. The van der Waals surface area contributed by atoms with Gasteiger partial charge < -0.3 is 10.1 Å². The van der Waals surface area contributed by atoms with Gasteiger partial charge in [0.25, 0.3) is 0 Å². The molecular weight excluding hydrogens is 230 g/mol. The lowest BCUT2D eigenvalue weighted by Crippen LogP contribution is -2.21. The average Bonchev–Trinajstić information content (AvgIpc) is 2.82. The highest BCUT2D eigenvalue weighted by Gasteiger charge is 2.13. The van der Waals surface area contributed by atoms with Crippen molar-refractivity contribution in [3.8, 4) is 16.2 Å². The van der Waals surface area contributed by atoms with Crippen molar-refractivity contribution in [3.63, 3.8) is 0 Å². The molecular formula is C14H15NOS. The Balaban J connectivity index is 2.00. The minimum absolute atomic E-state index is 0.923. The predicted octanol–water partition coefficient (Wildman–Crippen LogP) is 3.07. The number of fused-ring (bicyclic) bond motifs is 1. The molecule has 3 rings (SSSR count). The molecule has 0 saturated carbocycles. The van der Waals surface area contributed by atoms with E-state index in [4.69, 9.17) is 4.74 Å². The van der Waals surface area contributed by atoms with Gasteiger partial charge in [-0.2, -0.15) is 0 Å². The molecule has 3 heteroatoms. The fourth-order valence-electron chi connectivity index (χ4n) is 2.17. The first kappa shape index (κ1) is 10.8. The maximum atomic E-state index is 5.27. The van der Waals surface area contributed by atoms with Gasteiger partial charge in [-0.1, -0.05) is 12.1 Å². The molecule has 0 unspecified atom stereocenters. The van der Waals surface area contributed by atoms with Crippen LogP contribution in [0, 0.1) is 0 Å². The summed E-state index contributed by atoms with van der Waals surface area (Å²) < 4.78 is 5.27. The number of hydrogen-bond donors (Lipinski definition) is 1. The van der Waals surface area contributed by atoms with Gasteiger partial charge in [0.05, 0.1) is 7.11 Å². The zero-order valence-corrected chi connectivity index (χ0v) is 10.6. The lowest BCUT2D eigenvalue weighted by Gasteiger charge is -2.10. The van der Waals surface area contributed by atoms with Crippen molar-refractivity contribution in [2.75, 3.05) is 13.7 Å². The predicted molar refractivity (Wildman–Crippen MR) is 71.7 cm³/mol. The van der Waals surface area contributed by atoms with Crippen LogP contribution in [0.3, 0.4) is 0 Å². The molecule has 0 radical (unpaired) electrons. The molecule has 0 fully saturated rings. The van der Waals surface area contributed by atoms with Crippen molar-refractivity contribution >= 4 is 11.3 Å². The zero-order chi connectivity index (χ0) is 11.7. The Morgan fingerprint density at radius 1 is 1.29 bits per heavy atom. The molecule has 2 heterocycles. The van der Waals surface area contributed by atoms with Gasteiger partial charge in [-0.15, -0.1) is 11.3 Å². The molecule has 2 aromatic rings. The summed E-state index contributed by atoms with van der Waals surface area (Å²) in [6.07, 6.45) is 1.15. The molecule has 88 valence electrons. The smallest absolute Gasteiger partial charge is 0.119 e. The molecule has 0 bridgehead atoms. The molecule has 17 heavy (non-hydrogen) atoms. The molecule has 1 aromatic carbocycles. The van der Waals surface area contributed by atoms with Crippen LogP contribution in [0.4, 0.5) is 0 Å². The second-order valence-corrected chi connectivity index (χ2v) is 5.35. The summed E-state index contributed by atoms with van der Waals surface area (Å²) in [5, 5.41) is 3.41. The Hall–Kier alpha value is -1.32. The first-order valence-corrected chi connectivity index (χ1v) is 6.65. The van der Waals surface area contributed by atoms with E-state index in [0.717, 1.165) is 25.3 Å². The highest BCUT2D eigenvalue weighted by atomic mass is 32.1. The second-order valence-electron chi connectivity index (χ2n) is 4.22. The minimum Gasteiger partial charge on any atom is -0.497 e. The van der Waals surface area contributed by atoms with Crippen LogP contribution in [0.15, 0.2) is 30.3 Å². The van der Waals surface area contributed by atoms with Crippen molar-refractivity contribution in [2.24, 2.45) is 0 Å². The number of methoxy groups -OCH3 is 1. The van der Waals surface area contributed by atoms with E-state index in [1.54, 1.807) is 7.11 Å². The van der Waals surface area contributed by atoms with Crippen LogP contribution in [0.25, 0.3) is 10.4 Å². The molecule has 1 aliphatic rings. The summed E-state index contributed by atoms with van der Waals surface area (Å²) >= 11 is 1.89. The largest absolute Gasteiger partial charge is 0.497 e. The second kappa shape index (κ2) is 4.51. The molecule has 0 spiro atoms. The third kappa shape index (κ3) is 2.08. The summed E-state index contributed by atoms with van der Waals surface area (Å²) in [5.41, 5.74) is 2.76. The lowest BCUT2D eigenvalue weighted by molar-refractivity contribution is 0.415. The van der Waals surface area contributed by atoms with Crippen molar-refractivity contribution in [3.05, 3.63) is 40.8 Å². The Bertz CT molecular complexity index is 509. The van der Waals surface area contributed by atoms with Crippen molar-refractivity contribution in [1.29, 1.82) is 0 Å². The summed E-state index contributed by atoms with van der Waals surface area (Å²) in [6.45, 7) is 2.12. The Morgan fingerprint density at radius 3 is 3.06 bits per heavy atom. The Morgan fingerprint density at radius 2 is 2.24 bits per heavy atom. The van der Waals surface area contributed by atoms with Gasteiger partial charge in [0, 0.05) is 16.3 Å². The fraction of sp³-hybridized carbons (Fsp3) is 0.286. The van der Waals surface area contributed by atoms with Gasteiger partial charge in [-0.25, -0.2) is 0 Å². The molecule has 1 aromatic heterocycles. The monoisotopic (exact) mass is 245 g/mol. The van der Waals surface area contributed by atoms with Crippen molar-refractivity contribution < 1.29 is 4.74 Å². The SMILES string of the molecule is COc1cccc(-c2cc3c(s2)CNCC3)c1. The van der Waals surface area contributed by atoms with E-state index < -0.39 is 0 Å². The van der Waals surface area contributed by atoms with E-state index in [1.807, 2.05) is 23.5 Å². The van der Waals surface area contributed by atoms with Crippen LogP contribution in [0.1, 0.15) is 10.4 Å². The van der Waals surface area contributed by atoms with E-state index in [2.05, 4.69) is 23.5 Å². The molecule has 1 N–H and O–H groups in total. The van der Waals surface area contributed by atoms with Gasteiger partial charge in [0.15, 0.2) is 0 Å². The fourth-order valence-corrected chi connectivity index (χ4v) is 3.35.